The summed E-state index contributed by atoms with van der Waals surface area (Å²) in [5.41, 5.74) is 1.25. The zero-order chi connectivity index (χ0) is 13.0. The summed E-state index contributed by atoms with van der Waals surface area (Å²) < 4.78 is 0. The second kappa shape index (κ2) is 6.02. The summed E-state index contributed by atoms with van der Waals surface area (Å²) in [4.78, 5) is 6.12. The number of thioether (sulfide) groups is 2. The van der Waals surface area contributed by atoms with Gasteiger partial charge in [0.25, 0.3) is 0 Å². The minimum Gasteiger partial charge on any atom is -0.335 e. The van der Waals surface area contributed by atoms with Gasteiger partial charge in [0.05, 0.1) is 5.54 Å². The van der Waals surface area contributed by atoms with Gasteiger partial charge in [-0.3, -0.25) is 4.99 Å². The van der Waals surface area contributed by atoms with Crippen molar-refractivity contribution < 1.29 is 0 Å². The minimum atomic E-state index is 0.116. The molecule has 1 heterocycles. The lowest BCUT2D eigenvalue weighted by Crippen LogP contribution is -2.29. The van der Waals surface area contributed by atoms with E-state index in [4.69, 9.17) is 4.99 Å². The SMILES string of the molecule is CCC1(C)CCSC(Nc2cccc(SC)c2)=N1. The molecule has 1 N–H and O–H groups in total. The van der Waals surface area contributed by atoms with Crippen LogP contribution < -0.4 is 5.32 Å². The Bertz CT molecular complexity index is 445. The zero-order valence-corrected chi connectivity index (χ0v) is 12.8. The van der Waals surface area contributed by atoms with Crippen molar-refractivity contribution in [1.29, 1.82) is 0 Å². The normalized spacial score (nSPS) is 23.6. The van der Waals surface area contributed by atoms with Crippen LogP contribution in [0.1, 0.15) is 26.7 Å². The van der Waals surface area contributed by atoms with Gasteiger partial charge < -0.3 is 5.32 Å². The number of rotatable bonds is 3. The molecule has 18 heavy (non-hydrogen) atoms. The van der Waals surface area contributed by atoms with Crippen LogP contribution in [-0.2, 0) is 0 Å². The summed E-state index contributed by atoms with van der Waals surface area (Å²) in [6.45, 7) is 4.46. The molecule has 2 rings (SSSR count). The fourth-order valence-electron chi connectivity index (χ4n) is 1.85. The number of hydrogen-bond acceptors (Lipinski definition) is 4. The van der Waals surface area contributed by atoms with Crippen molar-refractivity contribution >= 4 is 34.4 Å². The number of benzene rings is 1. The van der Waals surface area contributed by atoms with Gasteiger partial charge in [-0.15, -0.1) is 11.8 Å². The van der Waals surface area contributed by atoms with Crippen LogP contribution in [0.25, 0.3) is 0 Å². The van der Waals surface area contributed by atoms with Gasteiger partial charge in [0.2, 0.25) is 0 Å². The molecule has 0 spiro atoms. The van der Waals surface area contributed by atoms with E-state index in [0.29, 0.717) is 0 Å². The largest absolute Gasteiger partial charge is 0.335 e. The summed E-state index contributed by atoms with van der Waals surface area (Å²) in [5.74, 6) is 1.15. The molecular formula is C14H20N2S2. The molecule has 0 bridgehead atoms. The highest BCUT2D eigenvalue weighted by Gasteiger charge is 2.25. The molecule has 2 nitrogen and oxygen atoms in total. The van der Waals surface area contributed by atoms with Gasteiger partial charge in [-0.2, -0.15) is 0 Å². The Hall–Kier alpha value is -0.610. The highest BCUT2D eigenvalue weighted by Crippen LogP contribution is 2.30. The first kappa shape index (κ1) is 13.8. The highest BCUT2D eigenvalue weighted by atomic mass is 32.2. The Morgan fingerprint density at radius 1 is 1.50 bits per heavy atom. The molecule has 1 atom stereocenters. The predicted molar refractivity (Wildman–Crippen MR) is 85.1 cm³/mol. The third-order valence-corrected chi connectivity index (χ3v) is 4.93. The van der Waals surface area contributed by atoms with E-state index < -0.39 is 0 Å². The van der Waals surface area contributed by atoms with Crippen LogP contribution in [0.2, 0.25) is 0 Å². The third-order valence-electron chi connectivity index (χ3n) is 3.33. The van der Waals surface area contributed by atoms with E-state index in [-0.39, 0.29) is 5.54 Å². The second-order valence-corrected chi connectivity index (χ2v) is 6.69. The van der Waals surface area contributed by atoms with E-state index >= 15 is 0 Å². The molecule has 0 radical (unpaired) electrons. The first-order valence-corrected chi connectivity index (χ1v) is 8.50. The Kier molecular flexibility index (Phi) is 4.62. The van der Waals surface area contributed by atoms with E-state index in [9.17, 15) is 0 Å². The number of nitrogens with zero attached hydrogens (tertiary/aromatic N) is 1. The van der Waals surface area contributed by atoms with Crippen molar-refractivity contribution in [3.05, 3.63) is 24.3 Å². The fraction of sp³-hybridized carbons (Fsp3) is 0.500. The second-order valence-electron chi connectivity index (χ2n) is 4.72. The lowest BCUT2D eigenvalue weighted by molar-refractivity contribution is 0.443. The van der Waals surface area contributed by atoms with Crippen LogP contribution >= 0.6 is 23.5 Å². The van der Waals surface area contributed by atoms with Gasteiger partial charge in [0, 0.05) is 16.3 Å². The maximum Gasteiger partial charge on any atom is 0.161 e. The molecule has 0 fully saturated rings. The zero-order valence-electron chi connectivity index (χ0n) is 11.2. The number of aliphatic imine (C=N–C) groups is 1. The Labute approximate surface area is 118 Å². The fourth-order valence-corrected chi connectivity index (χ4v) is 3.51. The predicted octanol–water partition coefficient (Wildman–Crippen LogP) is 4.48. The van der Waals surface area contributed by atoms with E-state index in [0.717, 1.165) is 23.0 Å². The van der Waals surface area contributed by atoms with Crippen molar-refractivity contribution in [1.82, 2.24) is 0 Å². The van der Waals surface area contributed by atoms with Gasteiger partial charge in [-0.25, -0.2) is 0 Å². The average Bonchev–Trinajstić information content (AvgIpc) is 2.39. The summed E-state index contributed by atoms with van der Waals surface area (Å²) in [6.07, 6.45) is 4.37. The molecule has 0 aliphatic carbocycles. The topological polar surface area (TPSA) is 24.4 Å². The Balaban J connectivity index is 2.13. The van der Waals surface area contributed by atoms with Crippen LogP contribution in [0.3, 0.4) is 0 Å². The molecular weight excluding hydrogens is 260 g/mol. The molecule has 1 unspecified atom stereocenters. The Morgan fingerprint density at radius 3 is 3.06 bits per heavy atom. The maximum absolute atomic E-state index is 4.84. The summed E-state index contributed by atoms with van der Waals surface area (Å²) in [7, 11) is 0. The van der Waals surface area contributed by atoms with Crippen molar-refractivity contribution in [2.24, 2.45) is 4.99 Å². The van der Waals surface area contributed by atoms with E-state index in [1.54, 1.807) is 11.8 Å². The highest BCUT2D eigenvalue weighted by molar-refractivity contribution is 8.14. The quantitative estimate of drug-likeness (QED) is 0.826. The monoisotopic (exact) mass is 280 g/mol. The van der Waals surface area contributed by atoms with Gasteiger partial charge >= 0.3 is 0 Å². The number of hydrogen-bond donors (Lipinski definition) is 1. The van der Waals surface area contributed by atoms with E-state index in [1.807, 2.05) is 11.8 Å². The minimum absolute atomic E-state index is 0.116. The summed E-state index contributed by atoms with van der Waals surface area (Å²) >= 11 is 3.58. The van der Waals surface area contributed by atoms with E-state index in [2.05, 4.69) is 49.7 Å². The van der Waals surface area contributed by atoms with Crippen LogP contribution in [0.15, 0.2) is 34.2 Å². The van der Waals surface area contributed by atoms with Crippen molar-refractivity contribution in [3.63, 3.8) is 0 Å². The number of amidine groups is 1. The molecule has 98 valence electrons. The lowest BCUT2D eigenvalue weighted by atomic mass is 9.97. The van der Waals surface area contributed by atoms with Crippen LogP contribution in [0.5, 0.6) is 0 Å². The first-order valence-electron chi connectivity index (χ1n) is 6.29. The van der Waals surface area contributed by atoms with Gasteiger partial charge in [0.15, 0.2) is 5.17 Å². The van der Waals surface area contributed by atoms with Crippen LogP contribution in [-0.4, -0.2) is 22.7 Å². The summed E-state index contributed by atoms with van der Waals surface area (Å²) in [5, 5.41) is 4.50. The maximum atomic E-state index is 4.84. The molecule has 1 aliphatic rings. The summed E-state index contributed by atoms with van der Waals surface area (Å²) in [6, 6.07) is 8.48. The van der Waals surface area contributed by atoms with Crippen molar-refractivity contribution in [2.75, 3.05) is 17.3 Å². The van der Waals surface area contributed by atoms with Gasteiger partial charge in [-0.05, 0) is 44.2 Å². The lowest BCUT2D eigenvalue weighted by Gasteiger charge is -2.29. The Morgan fingerprint density at radius 2 is 2.33 bits per heavy atom. The van der Waals surface area contributed by atoms with Crippen LogP contribution in [0.4, 0.5) is 5.69 Å². The molecule has 1 aliphatic heterocycles. The molecule has 0 amide bonds. The molecule has 1 aromatic carbocycles. The first-order chi connectivity index (χ1) is 8.65. The molecule has 0 saturated carbocycles. The average molecular weight is 280 g/mol. The van der Waals surface area contributed by atoms with E-state index in [1.165, 1.54) is 11.3 Å². The number of anilines is 1. The molecule has 1 aromatic rings. The molecule has 0 aromatic heterocycles. The third kappa shape index (κ3) is 3.45. The van der Waals surface area contributed by atoms with Crippen LogP contribution in [0, 0.1) is 0 Å². The molecule has 0 saturated heterocycles. The van der Waals surface area contributed by atoms with Gasteiger partial charge in [0.1, 0.15) is 0 Å². The molecule has 4 heteroatoms. The smallest absolute Gasteiger partial charge is 0.161 e. The van der Waals surface area contributed by atoms with Crippen molar-refractivity contribution in [2.45, 2.75) is 37.1 Å². The standard InChI is InChI=1S/C14H20N2S2/c1-4-14(2)8-9-18-13(16-14)15-11-6-5-7-12(10-11)17-3/h5-7,10H,4,8-9H2,1-3H3,(H,15,16). The van der Waals surface area contributed by atoms with Crippen molar-refractivity contribution in [3.8, 4) is 0 Å². The van der Waals surface area contributed by atoms with Gasteiger partial charge in [-0.1, -0.05) is 24.8 Å². The number of nitrogens with one attached hydrogen (secondary N) is 1.